The van der Waals surface area contributed by atoms with Crippen molar-refractivity contribution in [2.24, 2.45) is 0 Å². The predicted molar refractivity (Wildman–Crippen MR) is 90.6 cm³/mol. The van der Waals surface area contributed by atoms with Crippen LogP contribution >= 0.6 is 11.6 Å². The summed E-state index contributed by atoms with van der Waals surface area (Å²) in [6.45, 7) is -0.341. The Labute approximate surface area is 149 Å². The van der Waals surface area contributed by atoms with Crippen LogP contribution in [0.1, 0.15) is 12.0 Å². The molecular formula is C18H13ClFN3O2. The minimum absolute atomic E-state index is 0.0424. The average molecular weight is 358 g/mol. The van der Waals surface area contributed by atoms with E-state index >= 15 is 0 Å². The van der Waals surface area contributed by atoms with Crippen LogP contribution in [-0.2, 0) is 4.79 Å². The van der Waals surface area contributed by atoms with E-state index in [-0.39, 0.29) is 36.0 Å². The lowest BCUT2D eigenvalue weighted by molar-refractivity contribution is -0.120. The molecule has 0 aliphatic rings. The number of nitriles is 2. The minimum Gasteiger partial charge on any atom is -0.482 e. The molecular weight excluding hydrogens is 345 g/mol. The summed E-state index contributed by atoms with van der Waals surface area (Å²) in [5.41, 5.74) is 0.447. The highest BCUT2D eigenvalue weighted by Crippen LogP contribution is 2.26. The van der Waals surface area contributed by atoms with Crippen molar-refractivity contribution in [3.63, 3.8) is 0 Å². The van der Waals surface area contributed by atoms with E-state index in [2.05, 4.69) is 0 Å². The van der Waals surface area contributed by atoms with Crippen LogP contribution in [0.15, 0.2) is 42.5 Å². The molecule has 2 aromatic rings. The Kier molecular flexibility index (Phi) is 6.33. The fourth-order valence-electron chi connectivity index (χ4n) is 2.12. The number of anilines is 1. The van der Waals surface area contributed by atoms with Crippen molar-refractivity contribution in [2.75, 3.05) is 18.1 Å². The molecule has 2 aromatic carbocycles. The Bertz CT molecular complexity index is 858. The third-order valence-corrected chi connectivity index (χ3v) is 3.60. The minimum atomic E-state index is -0.565. The standard InChI is InChI=1S/C18H13ClFN3O2/c19-14-10-13(11-22)6-7-17(14)25-12-18(24)23(9-3-8-21)16-5-2-1-4-15(16)20/h1-2,4-7,10H,3,9,12H2. The Morgan fingerprint density at radius 1 is 1.24 bits per heavy atom. The molecule has 0 unspecified atom stereocenters. The van der Waals surface area contributed by atoms with Gasteiger partial charge in [0.05, 0.1) is 34.8 Å². The molecule has 0 saturated heterocycles. The number of hydrogen-bond donors (Lipinski definition) is 0. The van der Waals surface area contributed by atoms with Crippen molar-refractivity contribution < 1.29 is 13.9 Å². The molecule has 0 aliphatic carbocycles. The summed E-state index contributed by atoms with van der Waals surface area (Å²) >= 11 is 5.99. The van der Waals surface area contributed by atoms with Gasteiger partial charge in [0.15, 0.2) is 6.61 Å². The zero-order valence-corrected chi connectivity index (χ0v) is 13.8. The monoisotopic (exact) mass is 357 g/mol. The first-order valence-corrected chi connectivity index (χ1v) is 7.69. The van der Waals surface area contributed by atoms with Crippen LogP contribution in [0.5, 0.6) is 5.75 Å². The van der Waals surface area contributed by atoms with Gasteiger partial charge in [-0.1, -0.05) is 23.7 Å². The number of nitrogens with zero attached hydrogens (tertiary/aromatic N) is 3. The molecule has 0 radical (unpaired) electrons. The number of para-hydroxylation sites is 1. The maximum Gasteiger partial charge on any atom is 0.265 e. The van der Waals surface area contributed by atoms with E-state index in [9.17, 15) is 9.18 Å². The van der Waals surface area contributed by atoms with Gasteiger partial charge in [-0.25, -0.2) is 4.39 Å². The normalized spacial score (nSPS) is 9.76. The van der Waals surface area contributed by atoms with Crippen LogP contribution in [0.3, 0.4) is 0 Å². The van der Waals surface area contributed by atoms with E-state index in [0.29, 0.717) is 5.56 Å². The van der Waals surface area contributed by atoms with Crippen LogP contribution in [-0.4, -0.2) is 19.1 Å². The lowest BCUT2D eigenvalue weighted by Gasteiger charge is -2.22. The molecule has 0 aliphatic heterocycles. The molecule has 0 N–H and O–H groups in total. The summed E-state index contributed by atoms with van der Waals surface area (Å²) in [4.78, 5) is 13.6. The van der Waals surface area contributed by atoms with E-state index in [1.165, 1.54) is 36.4 Å². The van der Waals surface area contributed by atoms with E-state index in [1.54, 1.807) is 6.07 Å². The van der Waals surface area contributed by atoms with Gasteiger partial charge in [0.25, 0.3) is 5.91 Å². The van der Waals surface area contributed by atoms with E-state index in [0.717, 1.165) is 4.90 Å². The first-order chi connectivity index (χ1) is 12.1. The molecule has 0 saturated carbocycles. The van der Waals surface area contributed by atoms with Crippen LogP contribution in [0, 0.1) is 28.5 Å². The van der Waals surface area contributed by atoms with E-state index in [1.807, 2.05) is 12.1 Å². The number of amides is 1. The topological polar surface area (TPSA) is 77.1 Å². The fourth-order valence-corrected chi connectivity index (χ4v) is 2.35. The molecule has 0 fully saturated rings. The number of carbonyl (C=O) groups excluding carboxylic acids is 1. The van der Waals surface area contributed by atoms with Gasteiger partial charge in [0.1, 0.15) is 11.6 Å². The molecule has 0 aromatic heterocycles. The van der Waals surface area contributed by atoms with Crippen molar-refractivity contribution in [1.29, 1.82) is 10.5 Å². The van der Waals surface area contributed by atoms with Crippen LogP contribution in [0.25, 0.3) is 0 Å². The second-order valence-corrected chi connectivity index (χ2v) is 5.36. The number of carbonyl (C=O) groups is 1. The average Bonchev–Trinajstić information content (AvgIpc) is 2.62. The maximum atomic E-state index is 14.0. The molecule has 5 nitrogen and oxygen atoms in total. The molecule has 25 heavy (non-hydrogen) atoms. The van der Waals surface area contributed by atoms with E-state index < -0.39 is 11.7 Å². The number of benzene rings is 2. The summed E-state index contributed by atoms with van der Waals surface area (Å²) in [7, 11) is 0. The molecule has 126 valence electrons. The zero-order chi connectivity index (χ0) is 18.2. The summed E-state index contributed by atoms with van der Waals surface area (Å²) in [6, 6.07) is 14.1. The van der Waals surface area contributed by atoms with Crippen molar-refractivity contribution >= 4 is 23.2 Å². The number of ether oxygens (including phenoxy) is 1. The largest absolute Gasteiger partial charge is 0.482 e. The summed E-state index contributed by atoms with van der Waals surface area (Å²) in [5.74, 6) is -0.839. The first-order valence-electron chi connectivity index (χ1n) is 7.31. The van der Waals surface area contributed by atoms with Gasteiger partial charge in [0, 0.05) is 6.54 Å². The summed E-state index contributed by atoms with van der Waals surface area (Å²) < 4.78 is 19.4. The summed E-state index contributed by atoms with van der Waals surface area (Å²) in [6.07, 6.45) is 0.0533. The molecule has 0 bridgehead atoms. The Hall–Kier alpha value is -3.09. The van der Waals surface area contributed by atoms with Gasteiger partial charge in [-0.05, 0) is 30.3 Å². The Morgan fingerprint density at radius 2 is 2.00 bits per heavy atom. The van der Waals surface area contributed by atoms with E-state index in [4.69, 9.17) is 26.9 Å². The van der Waals surface area contributed by atoms with Gasteiger partial charge in [-0.2, -0.15) is 10.5 Å². The van der Waals surface area contributed by atoms with Crippen molar-refractivity contribution in [2.45, 2.75) is 6.42 Å². The number of hydrogen-bond acceptors (Lipinski definition) is 4. The first kappa shape index (κ1) is 18.3. The van der Waals surface area contributed by atoms with Crippen LogP contribution in [0.2, 0.25) is 5.02 Å². The SMILES string of the molecule is N#CCCN(C(=O)COc1ccc(C#N)cc1Cl)c1ccccc1F. The van der Waals surface area contributed by atoms with Gasteiger partial charge >= 0.3 is 0 Å². The van der Waals surface area contributed by atoms with Gasteiger partial charge < -0.3 is 9.64 Å². The highest BCUT2D eigenvalue weighted by molar-refractivity contribution is 6.32. The predicted octanol–water partition coefficient (Wildman–Crippen LogP) is 3.68. The summed E-state index contributed by atoms with van der Waals surface area (Å²) in [5, 5.41) is 17.8. The quantitative estimate of drug-likeness (QED) is 0.790. The smallest absolute Gasteiger partial charge is 0.265 e. The lowest BCUT2D eigenvalue weighted by Crippen LogP contribution is -2.36. The second-order valence-electron chi connectivity index (χ2n) is 4.95. The van der Waals surface area contributed by atoms with Crippen LogP contribution in [0.4, 0.5) is 10.1 Å². The molecule has 0 heterocycles. The van der Waals surface area contributed by atoms with Crippen molar-refractivity contribution in [3.8, 4) is 17.9 Å². The lowest BCUT2D eigenvalue weighted by atomic mass is 10.2. The van der Waals surface area contributed by atoms with Crippen molar-refractivity contribution in [1.82, 2.24) is 0 Å². The maximum absolute atomic E-state index is 14.0. The van der Waals surface area contributed by atoms with Crippen LogP contribution < -0.4 is 9.64 Å². The number of rotatable bonds is 6. The molecule has 1 amide bonds. The van der Waals surface area contributed by atoms with Gasteiger partial charge in [-0.3, -0.25) is 4.79 Å². The highest BCUT2D eigenvalue weighted by atomic mass is 35.5. The Balaban J connectivity index is 2.14. The second kappa shape index (κ2) is 8.68. The third-order valence-electron chi connectivity index (χ3n) is 3.30. The number of halogens is 2. The zero-order valence-electron chi connectivity index (χ0n) is 13.1. The molecule has 7 heteroatoms. The molecule has 0 spiro atoms. The third kappa shape index (κ3) is 4.69. The molecule has 0 atom stereocenters. The van der Waals surface area contributed by atoms with Gasteiger partial charge in [-0.15, -0.1) is 0 Å². The highest BCUT2D eigenvalue weighted by Gasteiger charge is 2.19. The molecule has 2 rings (SSSR count). The fraction of sp³-hybridized carbons (Fsp3) is 0.167. The van der Waals surface area contributed by atoms with Gasteiger partial charge in [0.2, 0.25) is 0 Å². The Morgan fingerprint density at radius 3 is 2.64 bits per heavy atom. The van der Waals surface area contributed by atoms with Crippen molar-refractivity contribution in [3.05, 3.63) is 58.9 Å².